The van der Waals surface area contributed by atoms with E-state index < -0.39 is 0 Å². The van der Waals surface area contributed by atoms with E-state index in [0.29, 0.717) is 12.5 Å². The molecule has 1 saturated carbocycles. The van der Waals surface area contributed by atoms with Crippen LogP contribution in [0.25, 0.3) is 0 Å². The van der Waals surface area contributed by atoms with Gasteiger partial charge in [0.1, 0.15) is 0 Å². The zero-order valence-corrected chi connectivity index (χ0v) is 14.4. The average molecular weight is 369 g/mol. The van der Waals surface area contributed by atoms with Gasteiger partial charge in [0.05, 0.1) is 0 Å². The summed E-state index contributed by atoms with van der Waals surface area (Å²) in [7, 11) is 0. The summed E-state index contributed by atoms with van der Waals surface area (Å²) in [6.07, 6.45) is 2.92. The van der Waals surface area contributed by atoms with Crippen molar-refractivity contribution in [2.45, 2.75) is 30.7 Å². The second-order valence-corrected chi connectivity index (χ2v) is 7.97. The fraction of sp³-hybridized carbons (Fsp3) is 0.562. The summed E-state index contributed by atoms with van der Waals surface area (Å²) in [6, 6.07) is 8.70. The van der Waals surface area contributed by atoms with Crippen LogP contribution in [-0.2, 0) is 10.2 Å². The third-order valence-corrected chi connectivity index (χ3v) is 6.18. The maximum absolute atomic E-state index is 12.1. The number of halogens is 1. The quantitative estimate of drug-likeness (QED) is 0.839. The monoisotopic (exact) mass is 368 g/mol. The van der Waals surface area contributed by atoms with Crippen molar-refractivity contribution < 1.29 is 4.79 Å². The van der Waals surface area contributed by atoms with E-state index in [0.717, 1.165) is 41.9 Å². The number of amides is 1. The Balaban J connectivity index is 1.52. The van der Waals surface area contributed by atoms with Crippen LogP contribution in [0, 0.1) is 0 Å². The standard InChI is InChI=1S/C16H21BrN2OS/c17-14-4-2-1-3-13(14)16(5-6-16)11-19-15(20)9-12-10-21-8-7-18-12/h1-4,12,18H,5-11H2,(H,19,20). The largest absolute Gasteiger partial charge is 0.355 e. The van der Waals surface area contributed by atoms with Gasteiger partial charge >= 0.3 is 0 Å². The predicted molar refractivity (Wildman–Crippen MR) is 91.8 cm³/mol. The molecule has 1 aromatic rings. The Kier molecular flexibility index (Phi) is 4.92. The average Bonchev–Trinajstić information content (AvgIpc) is 3.28. The van der Waals surface area contributed by atoms with E-state index >= 15 is 0 Å². The van der Waals surface area contributed by atoms with E-state index in [9.17, 15) is 4.79 Å². The Bertz CT molecular complexity index is 513. The topological polar surface area (TPSA) is 41.1 Å². The van der Waals surface area contributed by atoms with Crippen molar-refractivity contribution in [2.24, 2.45) is 0 Å². The van der Waals surface area contributed by atoms with Crippen LogP contribution in [0.2, 0.25) is 0 Å². The summed E-state index contributed by atoms with van der Waals surface area (Å²) < 4.78 is 1.15. The van der Waals surface area contributed by atoms with Crippen molar-refractivity contribution in [1.82, 2.24) is 10.6 Å². The van der Waals surface area contributed by atoms with Gasteiger partial charge in [0.25, 0.3) is 0 Å². The molecular formula is C16H21BrN2OS. The lowest BCUT2D eigenvalue weighted by Gasteiger charge is -2.23. The first-order valence-electron chi connectivity index (χ1n) is 7.52. The molecule has 3 nitrogen and oxygen atoms in total. The maximum atomic E-state index is 12.1. The molecule has 1 unspecified atom stereocenters. The van der Waals surface area contributed by atoms with Crippen LogP contribution in [0.3, 0.4) is 0 Å². The highest BCUT2D eigenvalue weighted by Gasteiger charge is 2.45. The van der Waals surface area contributed by atoms with E-state index in [2.05, 4.69) is 44.8 Å². The minimum Gasteiger partial charge on any atom is -0.355 e. The van der Waals surface area contributed by atoms with Gasteiger partial charge in [-0.25, -0.2) is 0 Å². The van der Waals surface area contributed by atoms with E-state index in [-0.39, 0.29) is 11.3 Å². The van der Waals surface area contributed by atoms with Gasteiger partial charge < -0.3 is 10.6 Å². The Morgan fingerprint density at radius 3 is 2.90 bits per heavy atom. The summed E-state index contributed by atoms with van der Waals surface area (Å²) in [4.78, 5) is 12.1. The van der Waals surface area contributed by atoms with Crippen LogP contribution in [0.5, 0.6) is 0 Å². The Morgan fingerprint density at radius 2 is 2.24 bits per heavy atom. The molecule has 5 heteroatoms. The van der Waals surface area contributed by atoms with Crippen molar-refractivity contribution in [2.75, 3.05) is 24.6 Å². The fourth-order valence-corrected chi connectivity index (χ4v) is 4.55. The van der Waals surface area contributed by atoms with Crippen molar-refractivity contribution >= 4 is 33.6 Å². The highest BCUT2D eigenvalue weighted by molar-refractivity contribution is 9.10. The molecule has 0 spiro atoms. The van der Waals surface area contributed by atoms with E-state index in [4.69, 9.17) is 0 Å². The molecule has 0 bridgehead atoms. The van der Waals surface area contributed by atoms with Crippen LogP contribution in [0.1, 0.15) is 24.8 Å². The molecule has 0 radical (unpaired) electrons. The van der Waals surface area contributed by atoms with Gasteiger partial charge in [0, 0.05) is 46.9 Å². The van der Waals surface area contributed by atoms with E-state index in [1.165, 1.54) is 5.56 Å². The number of thioether (sulfide) groups is 1. The van der Waals surface area contributed by atoms with Gasteiger partial charge in [-0.1, -0.05) is 34.1 Å². The molecule has 1 atom stereocenters. The molecule has 1 saturated heterocycles. The smallest absolute Gasteiger partial charge is 0.221 e. The number of nitrogens with one attached hydrogen (secondary N) is 2. The van der Waals surface area contributed by atoms with Crippen molar-refractivity contribution in [3.8, 4) is 0 Å². The van der Waals surface area contributed by atoms with Crippen molar-refractivity contribution in [3.05, 3.63) is 34.3 Å². The highest BCUT2D eigenvalue weighted by Crippen LogP contribution is 2.49. The Labute approximate surface area is 138 Å². The number of hydrogen-bond acceptors (Lipinski definition) is 3. The first-order chi connectivity index (χ1) is 10.2. The Morgan fingerprint density at radius 1 is 1.43 bits per heavy atom. The maximum Gasteiger partial charge on any atom is 0.221 e. The van der Waals surface area contributed by atoms with Gasteiger partial charge in [-0.3, -0.25) is 4.79 Å². The van der Waals surface area contributed by atoms with Crippen LogP contribution >= 0.6 is 27.7 Å². The highest BCUT2D eigenvalue weighted by atomic mass is 79.9. The Hall–Kier alpha value is -0.520. The van der Waals surface area contributed by atoms with Gasteiger partial charge in [0.15, 0.2) is 0 Å². The van der Waals surface area contributed by atoms with Crippen LogP contribution < -0.4 is 10.6 Å². The minimum absolute atomic E-state index is 0.157. The second-order valence-electron chi connectivity index (χ2n) is 5.97. The van der Waals surface area contributed by atoms with Crippen molar-refractivity contribution in [1.29, 1.82) is 0 Å². The third-order valence-electron chi connectivity index (χ3n) is 4.35. The molecule has 114 valence electrons. The molecule has 2 aliphatic rings. The van der Waals surface area contributed by atoms with Crippen molar-refractivity contribution in [3.63, 3.8) is 0 Å². The van der Waals surface area contributed by atoms with Crippen LogP contribution in [-0.4, -0.2) is 36.5 Å². The second kappa shape index (κ2) is 6.71. The van der Waals surface area contributed by atoms with E-state index in [1.807, 2.05) is 17.8 Å². The molecule has 2 N–H and O–H groups in total. The van der Waals surface area contributed by atoms with Gasteiger partial charge in [0.2, 0.25) is 5.91 Å². The van der Waals surface area contributed by atoms with Crippen LogP contribution in [0.4, 0.5) is 0 Å². The lowest BCUT2D eigenvalue weighted by molar-refractivity contribution is -0.121. The molecule has 2 fully saturated rings. The van der Waals surface area contributed by atoms with Crippen LogP contribution in [0.15, 0.2) is 28.7 Å². The minimum atomic E-state index is 0.157. The molecule has 1 amide bonds. The first-order valence-corrected chi connectivity index (χ1v) is 9.47. The zero-order chi connectivity index (χ0) is 14.7. The normalized spacial score (nSPS) is 23.6. The number of hydrogen-bond donors (Lipinski definition) is 2. The van der Waals surface area contributed by atoms with Gasteiger partial charge in [-0.2, -0.15) is 11.8 Å². The summed E-state index contributed by atoms with van der Waals surface area (Å²) in [5.41, 5.74) is 1.49. The fourth-order valence-electron chi connectivity index (χ4n) is 2.90. The van der Waals surface area contributed by atoms with Gasteiger partial charge in [-0.05, 0) is 24.5 Å². The molecular weight excluding hydrogens is 348 g/mol. The molecule has 3 rings (SSSR count). The SMILES string of the molecule is O=C(CC1CSCCN1)NCC1(c2ccccc2Br)CC1. The lowest BCUT2D eigenvalue weighted by Crippen LogP contribution is -2.42. The molecule has 1 aromatic carbocycles. The summed E-state index contributed by atoms with van der Waals surface area (Å²) >= 11 is 5.56. The summed E-state index contributed by atoms with van der Waals surface area (Å²) in [5.74, 6) is 2.37. The number of benzene rings is 1. The number of carbonyl (C=O) groups is 1. The third kappa shape index (κ3) is 3.82. The molecule has 1 aliphatic carbocycles. The summed E-state index contributed by atoms with van der Waals surface area (Å²) in [5, 5.41) is 6.56. The predicted octanol–water partition coefficient (Wildman–Crippen LogP) is 2.69. The molecule has 1 heterocycles. The lowest BCUT2D eigenvalue weighted by atomic mass is 9.96. The zero-order valence-electron chi connectivity index (χ0n) is 12.0. The molecule has 1 aliphatic heterocycles. The number of rotatable bonds is 5. The molecule has 0 aromatic heterocycles. The first kappa shape index (κ1) is 15.4. The van der Waals surface area contributed by atoms with Gasteiger partial charge in [-0.15, -0.1) is 0 Å². The van der Waals surface area contributed by atoms with E-state index in [1.54, 1.807) is 0 Å². The molecule has 21 heavy (non-hydrogen) atoms. The number of carbonyl (C=O) groups excluding carboxylic acids is 1. The summed E-state index contributed by atoms with van der Waals surface area (Å²) in [6.45, 7) is 1.78.